The molecule has 0 aromatic carbocycles. The molecule has 0 radical (unpaired) electrons. The van der Waals surface area contributed by atoms with Gasteiger partial charge in [-0.1, -0.05) is 0 Å². The zero-order valence-electron chi connectivity index (χ0n) is 10.2. The number of methoxy groups -OCH3 is 1. The Hall–Kier alpha value is -2.15. The minimum absolute atomic E-state index is 0.0827. The Morgan fingerprint density at radius 3 is 2.89 bits per heavy atom. The molecule has 0 saturated heterocycles. The fourth-order valence-corrected chi connectivity index (χ4v) is 1.27. The van der Waals surface area contributed by atoms with E-state index in [1.54, 1.807) is 30.1 Å². The van der Waals surface area contributed by atoms with Gasteiger partial charge in [0.1, 0.15) is 0 Å². The van der Waals surface area contributed by atoms with Crippen LogP contribution in [-0.2, 0) is 21.4 Å². The normalized spacial score (nSPS) is 12.6. The van der Waals surface area contributed by atoms with E-state index in [0.29, 0.717) is 0 Å². The SMILES string of the molecule is COCC(NC(=O)/C=C/c1ccnn1C)C(=O)O. The monoisotopic (exact) mass is 253 g/mol. The summed E-state index contributed by atoms with van der Waals surface area (Å²) in [6.07, 6.45) is 4.40. The summed E-state index contributed by atoms with van der Waals surface area (Å²) in [7, 11) is 3.11. The van der Waals surface area contributed by atoms with Gasteiger partial charge in [-0.25, -0.2) is 4.79 Å². The Bertz CT molecular complexity index is 453. The van der Waals surface area contributed by atoms with E-state index in [-0.39, 0.29) is 6.61 Å². The van der Waals surface area contributed by atoms with Gasteiger partial charge in [0.15, 0.2) is 6.04 Å². The lowest BCUT2D eigenvalue weighted by atomic mass is 10.3. The standard InChI is InChI=1S/C11H15N3O4/c1-14-8(5-6-12-14)3-4-10(15)13-9(7-18-2)11(16)17/h3-6,9H,7H2,1-2H3,(H,13,15)(H,16,17)/b4-3+. The number of carbonyl (C=O) groups excluding carboxylic acids is 1. The zero-order chi connectivity index (χ0) is 13.5. The van der Waals surface area contributed by atoms with Gasteiger partial charge in [-0.15, -0.1) is 0 Å². The number of hydrogen-bond donors (Lipinski definition) is 2. The van der Waals surface area contributed by atoms with Crippen LogP contribution in [0, 0.1) is 0 Å². The number of aromatic nitrogens is 2. The van der Waals surface area contributed by atoms with Gasteiger partial charge in [-0.3, -0.25) is 9.48 Å². The van der Waals surface area contributed by atoms with Crippen molar-refractivity contribution in [2.24, 2.45) is 7.05 Å². The van der Waals surface area contributed by atoms with Crippen LogP contribution >= 0.6 is 0 Å². The molecule has 0 aliphatic heterocycles. The molecule has 1 atom stereocenters. The topological polar surface area (TPSA) is 93.5 Å². The van der Waals surface area contributed by atoms with Gasteiger partial charge in [-0.05, 0) is 12.1 Å². The lowest BCUT2D eigenvalue weighted by molar-refractivity contribution is -0.142. The highest BCUT2D eigenvalue weighted by Crippen LogP contribution is 1.98. The smallest absolute Gasteiger partial charge is 0.328 e. The van der Waals surface area contributed by atoms with E-state index >= 15 is 0 Å². The first kappa shape index (κ1) is 13.9. The van der Waals surface area contributed by atoms with Crippen molar-refractivity contribution >= 4 is 18.0 Å². The molecule has 0 bridgehead atoms. The van der Waals surface area contributed by atoms with E-state index in [1.807, 2.05) is 0 Å². The third-order valence-electron chi connectivity index (χ3n) is 2.21. The minimum Gasteiger partial charge on any atom is -0.480 e. The van der Waals surface area contributed by atoms with Crippen molar-refractivity contribution in [3.05, 3.63) is 24.0 Å². The van der Waals surface area contributed by atoms with E-state index in [4.69, 9.17) is 9.84 Å². The second-order valence-corrected chi connectivity index (χ2v) is 3.57. The Labute approximate surface area is 104 Å². The molecule has 98 valence electrons. The molecule has 0 fully saturated rings. The van der Waals surface area contributed by atoms with Crippen LogP contribution in [0.25, 0.3) is 6.08 Å². The Morgan fingerprint density at radius 2 is 2.39 bits per heavy atom. The number of rotatable bonds is 6. The highest BCUT2D eigenvalue weighted by atomic mass is 16.5. The van der Waals surface area contributed by atoms with Crippen LogP contribution in [0.5, 0.6) is 0 Å². The van der Waals surface area contributed by atoms with E-state index in [2.05, 4.69) is 10.4 Å². The van der Waals surface area contributed by atoms with Crippen LogP contribution in [-0.4, -0.2) is 46.5 Å². The van der Waals surface area contributed by atoms with Gasteiger partial charge in [0.05, 0.1) is 12.3 Å². The Kier molecular flexibility index (Phi) is 5.06. The molecule has 0 aliphatic carbocycles. The fourth-order valence-electron chi connectivity index (χ4n) is 1.27. The first-order chi connectivity index (χ1) is 8.54. The molecule has 0 aliphatic rings. The van der Waals surface area contributed by atoms with Crippen LogP contribution in [0.1, 0.15) is 5.69 Å². The van der Waals surface area contributed by atoms with Gasteiger partial charge in [-0.2, -0.15) is 5.10 Å². The summed E-state index contributed by atoms with van der Waals surface area (Å²) in [5, 5.41) is 15.1. The van der Waals surface area contributed by atoms with Crippen LogP contribution in [0.2, 0.25) is 0 Å². The molecule has 1 aromatic heterocycles. The third kappa shape index (κ3) is 4.02. The third-order valence-corrected chi connectivity index (χ3v) is 2.21. The molecule has 2 N–H and O–H groups in total. The number of carboxylic acid groups (broad SMARTS) is 1. The number of carbonyl (C=O) groups is 2. The van der Waals surface area contributed by atoms with Crippen molar-refractivity contribution < 1.29 is 19.4 Å². The summed E-state index contributed by atoms with van der Waals surface area (Å²) >= 11 is 0. The van der Waals surface area contributed by atoms with Gasteiger partial charge >= 0.3 is 5.97 Å². The highest BCUT2D eigenvalue weighted by Gasteiger charge is 2.18. The van der Waals surface area contributed by atoms with Crippen molar-refractivity contribution in [3.63, 3.8) is 0 Å². The van der Waals surface area contributed by atoms with Crippen molar-refractivity contribution in [1.82, 2.24) is 15.1 Å². The number of aliphatic carboxylic acids is 1. The van der Waals surface area contributed by atoms with Crippen molar-refractivity contribution in [2.45, 2.75) is 6.04 Å². The predicted molar refractivity (Wildman–Crippen MR) is 63.7 cm³/mol. The predicted octanol–water partition coefficient (Wildman–Crippen LogP) is -0.351. The van der Waals surface area contributed by atoms with Crippen LogP contribution in [0.15, 0.2) is 18.3 Å². The molecule has 18 heavy (non-hydrogen) atoms. The van der Waals surface area contributed by atoms with E-state index in [9.17, 15) is 9.59 Å². The van der Waals surface area contributed by atoms with Crippen molar-refractivity contribution in [1.29, 1.82) is 0 Å². The Balaban J connectivity index is 2.58. The molecule has 1 heterocycles. The van der Waals surface area contributed by atoms with E-state index in [1.165, 1.54) is 13.2 Å². The van der Waals surface area contributed by atoms with Gasteiger partial charge in [0, 0.05) is 26.4 Å². The molecule has 1 aromatic rings. The summed E-state index contributed by atoms with van der Waals surface area (Å²) in [4.78, 5) is 22.3. The van der Waals surface area contributed by atoms with E-state index < -0.39 is 17.9 Å². The number of carboxylic acids is 1. The lowest BCUT2D eigenvalue weighted by Crippen LogP contribution is -2.43. The van der Waals surface area contributed by atoms with Crippen molar-refractivity contribution in [2.75, 3.05) is 13.7 Å². The fraction of sp³-hybridized carbons (Fsp3) is 0.364. The number of nitrogens with one attached hydrogen (secondary N) is 1. The molecule has 1 rings (SSSR count). The largest absolute Gasteiger partial charge is 0.480 e. The average molecular weight is 253 g/mol. The quantitative estimate of drug-likeness (QED) is 0.676. The first-order valence-corrected chi connectivity index (χ1v) is 5.23. The van der Waals surface area contributed by atoms with Gasteiger partial charge in [0.2, 0.25) is 5.91 Å². The summed E-state index contributed by atoms with van der Waals surface area (Å²) in [6.45, 7) is -0.0827. The second-order valence-electron chi connectivity index (χ2n) is 3.57. The number of hydrogen-bond acceptors (Lipinski definition) is 4. The van der Waals surface area contributed by atoms with Crippen molar-refractivity contribution in [3.8, 4) is 0 Å². The molecule has 7 heteroatoms. The summed E-state index contributed by atoms with van der Waals surface area (Å²) in [5.41, 5.74) is 0.740. The maximum atomic E-state index is 11.5. The molecule has 0 saturated carbocycles. The first-order valence-electron chi connectivity index (χ1n) is 5.23. The van der Waals surface area contributed by atoms with Crippen LogP contribution in [0.3, 0.4) is 0 Å². The summed E-state index contributed by atoms with van der Waals surface area (Å²) in [5.74, 6) is -1.64. The summed E-state index contributed by atoms with van der Waals surface area (Å²) in [6, 6.07) is 0.673. The van der Waals surface area contributed by atoms with Crippen LogP contribution < -0.4 is 5.32 Å². The molecular formula is C11H15N3O4. The molecular weight excluding hydrogens is 238 g/mol. The van der Waals surface area contributed by atoms with Gasteiger partial charge in [0.25, 0.3) is 0 Å². The minimum atomic E-state index is -1.14. The van der Waals surface area contributed by atoms with Crippen LogP contribution in [0.4, 0.5) is 0 Å². The number of nitrogens with zero attached hydrogens (tertiary/aromatic N) is 2. The maximum absolute atomic E-state index is 11.5. The zero-order valence-corrected chi connectivity index (χ0v) is 10.2. The molecule has 1 unspecified atom stereocenters. The summed E-state index contributed by atoms with van der Waals surface area (Å²) < 4.78 is 6.29. The average Bonchev–Trinajstić information content (AvgIpc) is 2.71. The highest BCUT2D eigenvalue weighted by molar-refractivity contribution is 5.94. The number of aryl methyl sites for hydroxylation is 1. The number of amides is 1. The molecule has 7 nitrogen and oxygen atoms in total. The maximum Gasteiger partial charge on any atom is 0.328 e. The molecule has 1 amide bonds. The number of ether oxygens (including phenoxy) is 1. The van der Waals surface area contributed by atoms with E-state index in [0.717, 1.165) is 5.69 Å². The van der Waals surface area contributed by atoms with Gasteiger partial charge < -0.3 is 15.2 Å². The molecule has 0 spiro atoms. The Morgan fingerprint density at radius 1 is 1.67 bits per heavy atom. The lowest BCUT2D eigenvalue weighted by Gasteiger charge is -2.11. The second kappa shape index (κ2) is 6.55.